The number of carbonyl (C=O) groups excluding carboxylic acids is 2. The molecule has 1 fully saturated rings. The first kappa shape index (κ1) is 8.41. The lowest BCUT2D eigenvalue weighted by Crippen LogP contribution is -2.24. The van der Waals surface area contributed by atoms with Gasteiger partial charge in [-0.25, -0.2) is 4.79 Å². The second-order valence-corrected chi connectivity index (χ2v) is 2.20. The van der Waals surface area contributed by atoms with Crippen molar-refractivity contribution in [1.29, 1.82) is 0 Å². The zero-order chi connectivity index (χ0) is 9.30. The van der Waals surface area contributed by atoms with E-state index in [0.717, 1.165) is 0 Å². The number of carboxylic acids is 1. The van der Waals surface area contributed by atoms with Crippen molar-refractivity contribution in [3.63, 3.8) is 0 Å². The third kappa shape index (κ3) is 1.32. The summed E-state index contributed by atoms with van der Waals surface area (Å²) in [6, 6.07) is 0. The molecule has 0 aromatic rings. The molecule has 0 bridgehead atoms. The van der Waals surface area contributed by atoms with Crippen molar-refractivity contribution in [2.45, 2.75) is 6.42 Å². The topological polar surface area (TPSA) is 94.9 Å². The number of hydrogen-bond acceptors (Lipinski definition) is 4. The summed E-state index contributed by atoms with van der Waals surface area (Å²) in [4.78, 5) is 31.4. The van der Waals surface area contributed by atoms with Gasteiger partial charge in [-0.15, -0.1) is 0 Å². The molecule has 0 spiro atoms. The number of hydroxylamine groups is 2. The quantitative estimate of drug-likeness (QED) is 0.304. The van der Waals surface area contributed by atoms with E-state index in [1.54, 1.807) is 0 Å². The van der Waals surface area contributed by atoms with Crippen LogP contribution in [0.2, 0.25) is 0 Å². The molecule has 0 unspecified atom stereocenters. The monoisotopic (exact) mass is 171 g/mol. The third-order valence-electron chi connectivity index (χ3n) is 1.34. The molecule has 0 aromatic carbocycles. The lowest BCUT2D eigenvalue weighted by molar-refractivity contribution is -0.170. The number of amides is 2. The van der Waals surface area contributed by atoms with Crippen molar-refractivity contribution < 1.29 is 24.7 Å². The summed E-state index contributed by atoms with van der Waals surface area (Å²) in [5.74, 6) is -3.10. The molecular weight excluding hydrogens is 166 g/mol. The Hall–Kier alpha value is -1.69. The molecule has 1 rings (SSSR count). The van der Waals surface area contributed by atoms with Gasteiger partial charge in [0, 0.05) is 11.6 Å². The standard InChI is InChI=1S/C6H5NO5/c8-4-1-3(2-5(9)10)6(11)7(4)12/h2,12H,1H2,(H,9,10). The normalized spacial score (nSPS) is 20.8. The first-order chi connectivity index (χ1) is 5.52. The van der Waals surface area contributed by atoms with Crippen LogP contribution in [0, 0.1) is 0 Å². The van der Waals surface area contributed by atoms with E-state index in [-0.39, 0.29) is 17.1 Å². The SMILES string of the molecule is O=C(O)C=C1CC(=O)N(O)C1=O. The molecule has 6 nitrogen and oxygen atoms in total. The van der Waals surface area contributed by atoms with E-state index in [9.17, 15) is 14.4 Å². The number of aliphatic carboxylic acids is 1. The van der Waals surface area contributed by atoms with E-state index >= 15 is 0 Å². The summed E-state index contributed by atoms with van der Waals surface area (Å²) in [5, 5.41) is 16.8. The van der Waals surface area contributed by atoms with E-state index < -0.39 is 17.8 Å². The minimum Gasteiger partial charge on any atom is -0.478 e. The second-order valence-electron chi connectivity index (χ2n) is 2.20. The molecule has 64 valence electrons. The summed E-state index contributed by atoms with van der Waals surface area (Å²) in [5.41, 5.74) is -0.213. The van der Waals surface area contributed by atoms with Crippen LogP contribution in [-0.4, -0.2) is 33.2 Å². The van der Waals surface area contributed by atoms with Gasteiger partial charge in [-0.3, -0.25) is 14.8 Å². The molecule has 0 saturated carbocycles. The molecule has 1 saturated heterocycles. The van der Waals surface area contributed by atoms with Gasteiger partial charge in [0.2, 0.25) is 0 Å². The molecule has 12 heavy (non-hydrogen) atoms. The van der Waals surface area contributed by atoms with Gasteiger partial charge in [-0.05, 0) is 0 Å². The van der Waals surface area contributed by atoms with Gasteiger partial charge in [0.25, 0.3) is 11.8 Å². The third-order valence-corrected chi connectivity index (χ3v) is 1.34. The van der Waals surface area contributed by atoms with Crippen LogP contribution in [0.5, 0.6) is 0 Å². The predicted molar refractivity (Wildman–Crippen MR) is 34.0 cm³/mol. The Morgan fingerprint density at radius 3 is 2.42 bits per heavy atom. The first-order valence-electron chi connectivity index (χ1n) is 3.02. The fourth-order valence-electron chi connectivity index (χ4n) is 0.825. The zero-order valence-corrected chi connectivity index (χ0v) is 5.85. The minimum atomic E-state index is -1.32. The van der Waals surface area contributed by atoms with Crippen molar-refractivity contribution >= 4 is 17.8 Å². The maximum atomic E-state index is 10.8. The molecular formula is C6H5NO5. The van der Waals surface area contributed by atoms with E-state index in [2.05, 4.69) is 0 Å². The maximum Gasteiger partial charge on any atom is 0.328 e. The minimum absolute atomic E-state index is 0.0885. The van der Waals surface area contributed by atoms with Crippen LogP contribution in [0.15, 0.2) is 11.6 Å². The fraction of sp³-hybridized carbons (Fsp3) is 0.167. The number of carboxylic acid groups (broad SMARTS) is 1. The first-order valence-corrected chi connectivity index (χ1v) is 3.02. The van der Waals surface area contributed by atoms with Crippen molar-refractivity contribution in [3.05, 3.63) is 11.6 Å². The van der Waals surface area contributed by atoms with E-state index in [4.69, 9.17) is 10.3 Å². The maximum absolute atomic E-state index is 10.8. The lowest BCUT2D eigenvalue weighted by atomic mass is 10.2. The second kappa shape index (κ2) is 2.74. The predicted octanol–water partition coefficient (Wildman–Crippen LogP) is -0.854. The highest BCUT2D eigenvalue weighted by Crippen LogP contribution is 2.15. The van der Waals surface area contributed by atoms with Gasteiger partial charge in [-0.2, -0.15) is 5.06 Å². The Labute approximate surface area is 66.7 Å². The van der Waals surface area contributed by atoms with Crippen molar-refractivity contribution in [2.24, 2.45) is 0 Å². The van der Waals surface area contributed by atoms with Crippen LogP contribution in [0.3, 0.4) is 0 Å². The van der Waals surface area contributed by atoms with E-state index in [1.165, 1.54) is 0 Å². The van der Waals surface area contributed by atoms with Crippen LogP contribution >= 0.6 is 0 Å². The molecule has 0 aromatic heterocycles. The van der Waals surface area contributed by atoms with Crippen molar-refractivity contribution in [3.8, 4) is 0 Å². The number of imide groups is 1. The van der Waals surface area contributed by atoms with Crippen LogP contribution in [0.25, 0.3) is 0 Å². The Balaban J connectivity index is 2.92. The summed E-state index contributed by atoms with van der Waals surface area (Å²) in [6.07, 6.45) is 0.248. The van der Waals surface area contributed by atoms with Gasteiger partial charge in [0.15, 0.2) is 0 Å². The lowest BCUT2D eigenvalue weighted by Gasteiger charge is -1.99. The van der Waals surface area contributed by atoms with Gasteiger partial charge in [0.1, 0.15) is 0 Å². The van der Waals surface area contributed by atoms with Gasteiger partial charge < -0.3 is 5.11 Å². The van der Waals surface area contributed by atoms with Gasteiger partial charge in [0.05, 0.1) is 6.42 Å². The van der Waals surface area contributed by atoms with E-state index in [1.807, 2.05) is 0 Å². The van der Waals surface area contributed by atoms with Crippen LogP contribution in [0.1, 0.15) is 6.42 Å². The van der Waals surface area contributed by atoms with Crippen molar-refractivity contribution in [1.82, 2.24) is 5.06 Å². The Kier molecular flexibility index (Phi) is 1.92. The molecule has 0 aliphatic carbocycles. The molecule has 2 amide bonds. The molecule has 2 N–H and O–H groups in total. The highest BCUT2D eigenvalue weighted by molar-refractivity contribution is 6.14. The highest BCUT2D eigenvalue weighted by atomic mass is 16.5. The Bertz CT molecular complexity index is 292. The number of hydrogen-bond donors (Lipinski definition) is 2. The Morgan fingerprint density at radius 1 is 1.50 bits per heavy atom. The molecule has 1 heterocycles. The molecule has 1 aliphatic heterocycles. The fourth-order valence-corrected chi connectivity index (χ4v) is 0.825. The molecule has 1 aliphatic rings. The number of rotatable bonds is 1. The summed E-state index contributed by atoms with van der Waals surface area (Å²) in [7, 11) is 0. The highest BCUT2D eigenvalue weighted by Gasteiger charge is 2.33. The summed E-state index contributed by atoms with van der Waals surface area (Å²) < 4.78 is 0. The van der Waals surface area contributed by atoms with E-state index in [0.29, 0.717) is 6.08 Å². The Morgan fingerprint density at radius 2 is 2.08 bits per heavy atom. The average molecular weight is 171 g/mol. The summed E-state index contributed by atoms with van der Waals surface area (Å²) >= 11 is 0. The van der Waals surface area contributed by atoms with Crippen LogP contribution < -0.4 is 0 Å². The van der Waals surface area contributed by atoms with Crippen molar-refractivity contribution in [2.75, 3.05) is 0 Å². The van der Waals surface area contributed by atoms with Gasteiger partial charge >= 0.3 is 5.97 Å². The zero-order valence-electron chi connectivity index (χ0n) is 5.85. The smallest absolute Gasteiger partial charge is 0.328 e. The number of carbonyl (C=O) groups is 3. The van der Waals surface area contributed by atoms with Crippen LogP contribution in [0.4, 0.5) is 0 Å². The van der Waals surface area contributed by atoms with Gasteiger partial charge in [-0.1, -0.05) is 0 Å². The largest absolute Gasteiger partial charge is 0.478 e. The summed E-state index contributed by atoms with van der Waals surface area (Å²) in [6.45, 7) is 0. The average Bonchev–Trinajstić information content (AvgIpc) is 2.17. The molecule has 0 radical (unpaired) electrons. The molecule has 6 heteroatoms. The molecule has 0 atom stereocenters. The number of nitrogens with zero attached hydrogens (tertiary/aromatic N) is 1. The van der Waals surface area contributed by atoms with Crippen LogP contribution in [-0.2, 0) is 14.4 Å².